The van der Waals surface area contributed by atoms with Gasteiger partial charge in [-0.15, -0.1) is 5.11 Å². The molecular formula is C21H29N7O. The zero-order valence-electron chi connectivity index (χ0n) is 17.1. The highest BCUT2D eigenvalue weighted by atomic mass is 16.2. The fraction of sp³-hybridized carbons (Fsp3) is 0.429. The second kappa shape index (κ2) is 9.86. The molecule has 29 heavy (non-hydrogen) atoms. The van der Waals surface area contributed by atoms with Crippen molar-refractivity contribution in [2.45, 2.75) is 39.3 Å². The van der Waals surface area contributed by atoms with Crippen molar-refractivity contribution in [3.8, 4) is 0 Å². The van der Waals surface area contributed by atoms with E-state index in [1.807, 2.05) is 29.3 Å². The Bertz CT molecular complexity index is 851. The number of nitrogens with zero attached hydrogens (tertiary/aromatic N) is 4. The van der Waals surface area contributed by atoms with Gasteiger partial charge in [0.1, 0.15) is 6.17 Å². The van der Waals surface area contributed by atoms with Crippen molar-refractivity contribution in [2.24, 2.45) is 21.2 Å². The molecule has 0 fully saturated rings. The molecule has 1 amide bonds. The van der Waals surface area contributed by atoms with E-state index >= 15 is 0 Å². The molecule has 8 heteroatoms. The van der Waals surface area contributed by atoms with E-state index in [-0.39, 0.29) is 5.91 Å². The summed E-state index contributed by atoms with van der Waals surface area (Å²) in [6.45, 7) is 6.28. The van der Waals surface area contributed by atoms with Crippen molar-refractivity contribution < 1.29 is 4.79 Å². The van der Waals surface area contributed by atoms with Crippen LogP contribution < -0.4 is 16.5 Å². The molecule has 0 saturated carbocycles. The minimum Gasteiger partial charge on any atom is -0.361 e. The maximum Gasteiger partial charge on any atom is 0.249 e. The number of nitrogens with one attached hydrogen (secondary N) is 2. The zero-order chi connectivity index (χ0) is 20.6. The summed E-state index contributed by atoms with van der Waals surface area (Å²) in [5, 5.41) is 14.0. The number of nitrogens with two attached hydrogens (primary N) is 1. The predicted octanol–water partition coefficient (Wildman–Crippen LogP) is 3.16. The Hall–Kier alpha value is -3.16. The van der Waals surface area contributed by atoms with E-state index in [1.165, 1.54) is 0 Å². The van der Waals surface area contributed by atoms with Crippen LogP contribution in [0, 0.1) is 0 Å². The van der Waals surface area contributed by atoms with Gasteiger partial charge < -0.3 is 21.4 Å². The van der Waals surface area contributed by atoms with Gasteiger partial charge in [-0.25, -0.2) is 0 Å². The monoisotopic (exact) mass is 395 g/mol. The first-order valence-corrected chi connectivity index (χ1v) is 10.1. The van der Waals surface area contributed by atoms with Crippen molar-refractivity contribution in [2.75, 3.05) is 25.0 Å². The zero-order valence-corrected chi connectivity index (χ0v) is 17.1. The number of anilines is 1. The van der Waals surface area contributed by atoms with Gasteiger partial charge in [-0.3, -0.25) is 9.79 Å². The molecule has 0 aliphatic carbocycles. The molecule has 2 aliphatic rings. The molecule has 4 N–H and O–H groups in total. The summed E-state index contributed by atoms with van der Waals surface area (Å²) < 4.78 is 0. The summed E-state index contributed by atoms with van der Waals surface area (Å²) in [5.74, 6) is 5.38. The lowest BCUT2D eigenvalue weighted by atomic mass is 10.0. The van der Waals surface area contributed by atoms with Crippen LogP contribution in [0.2, 0.25) is 0 Å². The molecular weight excluding hydrogens is 366 g/mol. The van der Waals surface area contributed by atoms with Crippen LogP contribution in [0.25, 0.3) is 11.6 Å². The topological polar surface area (TPSA) is 107 Å². The van der Waals surface area contributed by atoms with Gasteiger partial charge in [0.25, 0.3) is 0 Å². The van der Waals surface area contributed by atoms with Gasteiger partial charge in [0.05, 0.1) is 12.9 Å². The first-order chi connectivity index (χ1) is 14.2. The van der Waals surface area contributed by atoms with Crippen LogP contribution in [-0.4, -0.2) is 42.9 Å². The van der Waals surface area contributed by atoms with Crippen LogP contribution in [0.1, 0.15) is 44.2 Å². The van der Waals surface area contributed by atoms with Crippen molar-refractivity contribution in [1.29, 1.82) is 0 Å². The van der Waals surface area contributed by atoms with Gasteiger partial charge in [-0.1, -0.05) is 31.2 Å². The fourth-order valence-corrected chi connectivity index (χ4v) is 3.60. The highest BCUT2D eigenvalue weighted by Crippen LogP contribution is 2.31. The Morgan fingerprint density at radius 1 is 1.31 bits per heavy atom. The van der Waals surface area contributed by atoms with E-state index in [0.29, 0.717) is 18.5 Å². The summed E-state index contributed by atoms with van der Waals surface area (Å²) in [6.07, 6.45) is 7.48. The summed E-state index contributed by atoms with van der Waals surface area (Å²) in [6, 6.07) is 6.13. The third-order valence-electron chi connectivity index (χ3n) is 4.93. The molecule has 2 aliphatic heterocycles. The lowest BCUT2D eigenvalue weighted by molar-refractivity contribution is -0.127. The average molecular weight is 396 g/mol. The van der Waals surface area contributed by atoms with Gasteiger partial charge in [-0.05, 0) is 41.7 Å². The maximum atomic E-state index is 13.2. The minimum atomic E-state index is -0.395. The molecule has 0 aromatic heterocycles. The van der Waals surface area contributed by atoms with E-state index in [2.05, 4.69) is 45.9 Å². The molecule has 0 saturated heterocycles. The minimum absolute atomic E-state index is 0.0539. The summed E-state index contributed by atoms with van der Waals surface area (Å²) in [7, 11) is 0. The number of fused-ring (bicyclic) bond motifs is 1. The molecule has 2 heterocycles. The van der Waals surface area contributed by atoms with Gasteiger partial charge in [0.15, 0.2) is 0 Å². The number of aliphatic imine (C=N–C) groups is 1. The van der Waals surface area contributed by atoms with Crippen molar-refractivity contribution in [3.63, 3.8) is 0 Å². The van der Waals surface area contributed by atoms with Crippen LogP contribution in [0.4, 0.5) is 5.69 Å². The summed E-state index contributed by atoms with van der Waals surface area (Å²) in [5.41, 5.74) is 4.72. The third-order valence-corrected chi connectivity index (χ3v) is 4.93. The Morgan fingerprint density at radius 2 is 2.10 bits per heavy atom. The molecule has 8 nitrogen and oxygen atoms in total. The maximum absolute atomic E-state index is 13.2. The normalized spacial score (nSPS) is 18.2. The molecule has 1 aromatic rings. The molecule has 3 rings (SSSR count). The predicted molar refractivity (Wildman–Crippen MR) is 117 cm³/mol. The average Bonchev–Trinajstić information content (AvgIpc) is 2.92. The molecule has 154 valence electrons. The first-order valence-electron chi connectivity index (χ1n) is 10.1. The number of carbonyl (C=O) groups excluding carboxylic acids is 1. The van der Waals surface area contributed by atoms with Crippen molar-refractivity contribution >= 4 is 29.6 Å². The Labute approximate surface area is 171 Å². The standard InChI is InChI=1S/C21H29N7O/c1-3-7-28(8-4-2)21(29)17-9-16-6-5-15(18-12-23-14-24-13-18)10-19(16)25-20(11-17)26-27-22/h5-6,9-10,12,14,20,25H,3-4,7-8,11,13H2,1-2H3,(H2,22,26)(H,23,24). The quantitative estimate of drug-likeness (QED) is 0.374. The Kier molecular flexibility index (Phi) is 6.99. The van der Waals surface area contributed by atoms with Crippen LogP contribution in [0.15, 0.2) is 45.3 Å². The summed E-state index contributed by atoms with van der Waals surface area (Å²) in [4.78, 5) is 19.4. The number of rotatable bonds is 7. The van der Waals surface area contributed by atoms with E-state index in [0.717, 1.165) is 48.3 Å². The lowest BCUT2D eigenvalue weighted by Gasteiger charge is -2.23. The highest BCUT2D eigenvalue weighted by molar-refractivity contribution is 5.99. The van der Waals surface area contributed by atoms with Gasteiger partial charge >= 0.3 is 0 Å². The van der Waals surface area contributed by atoms with Crippen molar-refractivity contribution in [1.82, 2.24) is 10.2 Å². The van der Waals surface area contributed by atoms with Crippen LogP contribution in [0.5, 0.6) is 0 Å². The fourth-order valence-electron chi connectivity index (χ4n) is 3.60. The van der Waals surface area contributed by atoms with E-state index < -0.39 is 6.17 Å². The molecule has 1 atom stereocenters. The van der Waals surface area contributed by atoms with Crippen LogP contribution in [0.3, 0.4) is 0 Å². The number of hydrogen-bond donors (Lipinski definition) is 3. The second-order valence-corrected chi connectivity index (χ2v) is 7.17. The number of carbonyl (C=O) groups is 1. The van der Waals surface area contributed by atoms with E-state index in [4.69, 9.17) is 5.84 Å². The SMILES string of the molecule is CCCN(CCC)C(=O)C1=Cc2ccc(C3=CNC=NC3)cc2NC(N=NN)C1. The van der Waals surface area contributed by atoms with E-state index in [9.17, 15) is 4.79 Å². The number of amides is 1. The van der Waals surface area contributed by atoms with E-state index in [1.54, 1.807) is 6.34 Å². The van der Waals surface area contributed by atoms with Crippen molar-refractivity contribution in [3.05, 3.63) is 41.1 Å². The van der Waals surface area contributed by atoms with Crippen LogP contribution >= 0.6 is 0 Å². The molecule has 0 bridgehead atoms. The molecule has 1 unspecified atom stereocenters. The van der Waals surface area contributed by atoms with Gasteiger partial charge in [0.2, 0.25) is 5.91 Å². The molecule has 0 spiro atoms. The summed E-state index contributed by atoms with van der Waals surface area (Å²) >= 11 is 0. The second-order valence-electron chi connectivity index (χ2n) is 7.17. The first kappa shape index (κ1) is 20.6. The van der Waals surface area contributed by atoms with Gasteiger partial charge in [-0.2, -0.15) is 0 Å². The van der Waals surface area contributed by atoms with Gasteiger partial charge in [0, 0.05) is 37.0 Å². The third kappa shape index (κ3) is 5.01. The van der Waals surface area contributed by atoms with Crippen LogP contribution in [-0.2, 0) is 4.79 Å². The molecule has 0 radical (unpaired) electrons. The lowest BCUT2D eigenvalue weighted by Crippen LogP contribution is -2.34. The Morgan fingerprint density at radius 3 is 2.76 bits per heavy atom. The number of hydrogen-bond acceptors (Lipinski definition) is 6. The largest absolute Gasteiger partial charge is 0.361 e. The molecule has 1 aromatic carbocycles. The number of benzene rings is 1. The smallest absolute Gasteiger partial charge is 0.249 e. The highest BCUT2D eigenvalue weighted by Gasteiger charge is 2.24. The Balaban J connectivity index is 1.95.